The van der Waals surface area contributed by atoms with E-state index in [1.54, 1.807) is 37.3 Å². The van der Waals surface area contributed by atoms with Crippen molar-refractivity contribution in [2.24, 2.45) is 0 Å². The van der Waals surface area contributed by atoms with Gasteiger partial charge in [0, 0.05) is 12.2 Å². The molecule has 1 unspecified atom stereocenters. The van der Waals surface area contributed by atoms with Crippen molar-refractivity contribution in [1.29, 1.82) is 0 Å². The molecule has 0 aromatic heterocycles. The zero-order chi connectivity index (χ0) is 13.8. The molecule has 1 aliphatic rings. The smallest absolute Gasteiger partial charge is 0.326 e. The van der Waals surface area contributed by atoms with Crippen LogP contribution in [0.15, 0.2) is 30.0 Å². The second kappa shape index (κ2) is 5.64. The summed E-state index contributed by atoms with van der Waals surface area (Å²) in [6.45, 7) is 2.21. The number of benzene rings is 1. The summed E-state index contributed by atoms with van der Waals surface area (Å²) in [7, 11) is 0. The lowest BCUT2D eigenvalue weighted by atomic mass is 10.1. The van der Waals surface area contributed by atoms with Crippen molar-refractivity contribution in [3.05, 3.63) is 41.1 Å². The molecule has 1 saturated heterocycles. The number of aliphatic hydroxyl groups is 1. The number of imide groups is 1. The normalized spacial score (nSPS) is 18.3. The molecule has 1 heterocycles. The number of carbonyl (C=O) groups excluding carboxylic acids is 2. The van der Waals surface area contributed by atoms with Gasteiger partial charge >= 0.3 is 6.03 Å². The highest BCUT2D eigenvalue weighted by Gasteiger charge is 2.22. The molecule has 0 saturated carbocycles. The van der Waals surface area contributed by atoms with Crippen LogP contribution >= 0.6 is 0 Å². The Morgan fingerprint density at radius 2 is 1.95 bits per heavy atom. The number of ether oxygens (including phenoxy) is 1. The van der Waals surface area contributed by atoms with Crippen molar-refractivity contribution in [3.8, 4) is 0 Å². The predicted octanol–water partition coefficient (Wildman–Crippen LogP) is 0.894. The quantitative estimate of drug-likeness (QED) is 0.427. The summed E-state index contributed by atoms with van der Waals surface area (Å²) in [6, 6.07) is 6.31. The van der Waals surface area contributed by atoms with Crippen LogP contribution in [-0.4, -0.2) is 23.7 Å². The summed E-state index contributed by atoms with van der Waals surface area (Å²) >= 11 is 0. The zero-order valence-electron chi connectivity index (χ0n) is 10.3. The number of nitrogens with one attached hydrogen (secondary N) is 2. The average Bonchev–Trinajstić information content (AvgIpc) is 2.69. The molecule has 3 amide bonds. The number of hydrogen-bond acceptors (Lipinski definition) is 4. The van der Waals surface area contributed by atoms with E-state index in [4.69, 9.17) is 4.74 Å². The summed E-state index contributed by atoms with van der Waals surface area (Å²) in [5, 5.41) is 14.1. The van der Waals surface area contributed by atoms with Gasteiger partial charge in [-0.15, -0.1) is 0 Å². The van der Waals surface area contributed by atoms with Gasteiger partial charge in [-0.3, -0.25) is 10.1 Å². The Kier molecular flexibility index (Phi) is 3.94. The maximum atomic E-state index is 11.3. The summed E-state index contributed by atoms with van der Waals surface area (Å²) in [6.07, 6.45) is 0.595. The molecule has 6 heteroatoms. The molecule has 1 atom stereocenters. The van der Waals surface area contributed by atoms with Crippen molar-refractivity contribution in [2.45, 2.75) is 13.2 Å². The number of rotatable bonds is 4. The third kappa shape index (κ3) is 3.18. The van der Waals surface area contributed by atoms with E-state index in [1.165, 1.54) is 0 Å². The molecule has 1 aliphatic heterocycles. The standard InChI is InChI=1S/C13H14N2O4/c1-2-19-12(17)9-5-3-8(4-6-9)7-10-11(16)15-13(18)14-10/h3-7,12,17H,2H2,1H3,(H2,14,15,16,18)/b10-7-. The Hall–Kier alpha value is -2.18. The lowest BCUT2D eigenvalue weighted by Crippen LogP contribution is -2.22. The predicted molar refractivity (Wildman–Crippen MR) is 67.7 cm³/mol. The molecule has 1 aromatic carbocycles. The monoisotopic (exact) mass is 262 g/mol. The summed E-state index contributed by atoms with van der Waals surface area (Å²) in [4.78, 5) is 22.3. The topological polar surface area (TPSA) is 87.7 Å². The van der Waals surface area contributed by atoms with Crippen LogP contribution in [0.1, 0.15) is 24.3 Å². The minimum Gasteiger partial charge on any atom is -0.364 e. The lowest BCUT2D eigenvalue weighted by molar-refractivity contribution is -0.115. The minimum atomic E-state index is -0.957. The molecule has 0 radical (unpaired) electrons. The van der Waals surface area contributed by atoms with Crippen LogP contribution < -0.4 is 10.6 Å². The van der Waals surface area contributed by atoms with Crippen molar-refractivity contribution >= 4 is 18.0 Å². The molecule has 1 fully saturated rings. The van der Waals surface area contributed by atoms with Gasteiger partial charge in [-0.05, 0) is 18.6 Å². The Morgan fingerprint density at radius 1 is 1.26 bits per heavy atom. The van der Waals surface area contributed by atoms with E-state index >= 15 is 0 Å². The Morgan fingerprint density at radius 3 is 2.47 bits per heavy atom. The SMILES string of the molecule is CCOC(O)c1ccc(/C=C2\NC(=O)NC2=O)cc1. The minimum absolute atomic E-state index is 0.197. The third-order valence-corrected chi connectivity index (χ3v) is 2.58. The van der Waals surface area contributed by atoms with Gasteiger partial charge < -0.3 is 15.2 Å². The highest BCUT2D eigenvalue weighted by atomic mass is 16.6. The zero-order valence-corrected chi connectivity index (χ0v) is 10.3. The first-order valence-corrected chi connectivity index (χ1v) is 5.84. The van der Waals surface area contributed by atoms with Gasteiger partial charge in [0.05, 0.1) is 0 Å². The first-order valence-electron chi connectivity index (χ1n) is 5.84. The van der Waals surface area contributed by atoms with Crippen LogP contribution in [0, 0.1) is 0 Å². The Bertz CT molecular complexity index is 522. The van der Waals surface area contributed by atoms with Gasteiger partial charge in [-0.25, -0.2) is 4.79 Å². The van der Waals surface area contributed by atoms with E-state index < -0.39 is 18.2 Å². The maximum absolute atomic E-state index is 11.3. The first-order chi connectivity index (χ1) is 9.10. The maximum Gasteiger partial charge on any atom is 0.326 e. The number of aliphatic hydroxyl groups excluding tert-OH is 1. The molecular formula is C13H14N2O4. The fourth-order valence-corrected chi connectivity index (χ4v) is 1.66. The van der Waals surface area contributed by atoms with Crippen molar-refractivity contribution in [3.63, 3.8) is 0 Å². The van der Waals surface area contributed by atoms with Gasteiger partial charge in [0.1, 0.15) is 5.70 Å². The average molecular weight is 262 g/mol. The van der Waals surface area contributed by atoms with Crippen molar-refractivity contribution in [1.82, 2.24) is 10.6 Å². The number of amides is 3. The highest BCUT2D eigenvalue weighted by Crippen LogP contribution is 2.16. The summed E-state index contributed by atoms with van der Waals surface area (Å²) in [5.74, 6) is -0.455. The van der Waals surface area contributed by atoms with E-state index in [2.05, 4.69) is 10.6 Å². The van der Waals surface area contributed by atoms with Gasteiger partial charge in [0.2, 0.25) is 0 Å². The molecule has 0 spiro atoms. The van der Waals surface area contributed by atoms with E-state index in [0.717, 1.165) is 5.56 Å². The van der Waals surface area contributed by atoms with Crippen LogP contribution in [0.4, 0.5) is 4.79 Å². The highest BCUT2D eigenvalue weighted by molar-refractivity contribution is 6.13. The fourth-order valence-electron chi connectivity index (χ4n) is 1.66. The van der Waals surface area contributed by atoms with E-state index in [1.807, 2.05) is 0 Å². The largest absolute Gasteiger partial charge is 0.364 e. The summed E-state index contributed by atoms with van der Waals surface area (Å²) < 4.78 is 5.05. The molecule has 100 valence electrons. The molecule has 6 nitrogen and oxygen atoms in total. The first kappa shape index (κ1) is 13.3. The van der Waals surface area contributed by atoms with Gasteiger partial charge in [0.25, 0.3) is 5.91 Å². The summed E-state index contributed by atoms with van der Waals surface area (Å²) in [5.41, 5.74) is 1.56. The van der Waals surface area contributed by atoms with Gasteiger partial charge in [-0.1, -0.05) is 24.3 Å². The van der Waals surface area contributed by atoms with Crippen LogP contribution in [0.25, 0.3) is 6.08 Å². The van der Waals surface area contributed by atoms with E-state index in [0.29, 0.717) is 12.2 Å². The van der Waals surface area contributed by atoms with E-state index in [-0.39, 0.29) is 5.70 Å². The second-order valence-electron chi connectivity index (χ2n) is 3.94. The second-order valence-corrected chi connectivity index (χ2v) is 3.94. The Labute approximate surface area is 110 Å². The van der Waals surface area contributed by atoms with Gasteiger partial charge in [0.15, 0.2) is 6.29 Å². The van der Waals surface area contributed by atoms with Crippen LogP contribution in [0.5, 0.6) is 0 Å². The van der Waals surface area contributed by atoms with Crippen molar-refractivity contribution in [2.75, 3.05) is 6.61 Å². The molecule has 0 aliphatic carbocycles. The van der Waals surface area contributed by atoms with Gasteiger partial charge in [-0.2, -0.15) is 0 Å². The molecular weight excluding hydrogens is 248 g/mol. The van der Waals surface area contributed by atoms with Crippen LogP contribution in [0.2, 0.25) is 0 Å². The number of carbonyl (C=O) groups is 2. The molecule has 3 N–H and O–H groups in total. The van der Waals surface area contributed by atoms with Crippen LogP contribution in [-0.2, 0) is 9.53 Å². The van der Waals surface area contributed by atoms with Crippen LogP contribution in [0.3, 0.4) is 0 Å². The molecule has 19 heavy (non-hydrogen) atoms. The molecule has 1 aromatic rings. The lowest BCUT2D eigenvalue weighted by Gasteiger charge is -2.10. The fraction of sp³-hybridized carbons (Fsp3) is 0.231. The van der Waals surface area contributed by atoms with Crippen molar-refractivity contribution < 1.29 is 19.4 Å². The molecule has 0 bridgehead atoms. The third-order valence-electron chi connectivity index (χ3n) is 2.58. The number of hydrogen-bond donors (Lipinski definition) is 3. The Balaban J connectivity index is 2.13. The molecule has 2 rings (SSSR count). The number of urea groups is 1. The van der Waals surface area contributed by atoms with E-state index in [9.17, 15) is 14.7 Å².